The minimum absolute atomic E-state index is 0.0900. The predicted molar refractivity (Wildman–Crippen MR) is 77.4 cm³/mol. The maximum Gasteiger partial charge on any atom is 0.252 e. The molecule has 0 unspecified atom stereocenters. The quantitative estimate of drug-likeness (QED) is 0.776. The Morgan fingerprint density at radius 2 is 2.11 bits per heavy atom. The summed E-state index contributed by atoms with van der Waals surface area (Å²) in [4.78, 5) is 19.0. The Morgan fingerprint density at radius 1 is 1.42 bits per heavy atom. The van der Waals surface area contributed by atoms with Crippen molar-refractivity contribution in [3.05, 3.63) is 22.2 Å². The topological polar surface area (TPSA) is 83.8 Å². The summed E-state index contributed by atoms with van der Waals surface area (Å²) in [7, 11) is 0. The molecule has 0 atom stereocenters. The first-order valence-corrected chi connectivity index (χ1v) is 7.14. The number of rotatable bonds is 4. The van der Waals surface area contributed by atoms with Crippen molar-refractivity contribution < 1.29 is 0 Å². The lowest BCUT2D eigenvalue weighted by atomic mass is 9.81. The maximum absolute atomic E-state index is 11.7. The van der Waals surface area contributed by atoms with Crippen LogP contribution in [0.25, 0.3) is 0 Å². The van der Waals surface area contributed by atoms with E-state index >= 15 is 0 Å². The van der Waals surface area contributed by atoms with E-state index in [-0.39, 0.29) is 17.0 Å². The van der Waals surface area contributed by atoms with E-state index < -0.39 is 0 Å². The summed E-state index contributed by atoms with van der Waals surface area (Å²) < 4.78 is 0. The summed E-state index contributed by atoms with van der Waals surface area (Å²) in [6.07, 6.45) is 5.74. The molecule has 2 rings (SSSR count). The molecular formula is C14H24N4O. The van der Waals surface area contributed by atoms with Gasteiger partial charge >= 0.3 is 0 Å². The van der Waals surface area contributed by atoms with Gasteiger partial charge in [-0.25, -0.2) is 4.98 Å². The van der Waals surface area contributed by atoms with E-state index in [1.807, 2.05) is 13.8 Å². The highest BCUT2D eigenvalue weighted by Gasteiger charge is 2.30. The molecule has 106 valence electrons. The van der Waals surface area contributed by atoms with Gasteiger partial charge in [0.05, 0.1) is 5.54 Å². The molecule has 0 bridgehead atoms. The van der Waals surface area contributed by atoms with E-state index in [9.17, 15) is 4.79 Å². The first-order chi connectivity index (χ1) is 9.04. The summed E-state index contributed by atoms with van der Waals surface area (Å²) in [5, 5.41) is 3.42. The predicted octanol–water partition coefficient (Wildman–Crippen LogP) is 1.97. The molecule has 0 amide bonds. The first-order valence-electron chi connectivity index (χ1n) is 7.14. The Hall–Kier alpha value is -1.36. The van der Waals surface area contributed by atoms with Crippen LogP contribution in [0, 0.1) is 0 Å². The van der Waals surface area contributed by atoms with Gasteiger partial charge in [0, 0.05) is 18.5 Å². The molecule has 4 N–H and O–H groups in total. The van der Waals surface area contributed by atoms with Gasteiger partial charge in [-0.3, -0.25) is 4.79 Å². The molecule has 1 aromatic rings. The fourth-order valence-corrected chi connectivity index (χ4v) is 2.69. The molecule has 0 radical (unpaired) electrons. The van der Waals surface area contributed by atoms with Crippen molar-refractivity contribution in [3.63, 3.8) is 0 Å². The van der Waals surface area contributed by atoms with E-state index in [4.69, 9.17) is 5.73 Å². The highest BCUT2D eigenvalue weighted by molar-refractivity contribution is 5.37. The minimum atomic E-state index is -0.107. The average molecular weight is 264 g/mol. The van der Waals surface area contributed by atoms with Crippen LogP contribution in [0.1, 0.15) is 57.7 Å². The molecule has 1 heterocycles. The van der Waals surface area contributed by atoms with Gasteiger partial charge in [-0.2, -0.15) is 0 Å². The number of nitrogens with one attached hydrogen (secondary N) is 2. The number of hydrogen-bond donors (Lipinski definition) is 3. The van der Waals surface area contributed by atoms with E-state index in [1.54, 1.807) is 0 Å². The third kappa shape index (κ3) is 3.35. The molecule has 0 aromatic carbocycles. The fraction of sp³-hybridized carbons (Fsp3) is 0.714. The van der Waals surface area contributed by atoms with Gasteiger partial charge < -0.3 is 16.0 Å². The van der Waals surface area contributed by atoms with E-state index in [0.717, 1.165) is 18.7 Å². The molecule has 1 saturated carbocycles. The Kier molecular flexibility index (Phi) is 4.24. The zero-order valence-electron chi connectivity index (χ0n) is 11.8. The highest BCUT2D eigenvalue weighted by Crippen LogP contribution is 2.30. The third-order valence-corrected chi connectivity index (χ3v) is 3.90. The second-order valence-corrected chi connectivity index (χ2v) is 5.84. The van der Waals surface area contributed by atoms with Gasteiger partial charge in [-0.15, -0.1) is 0 Å². The van der Waals surface area contributed by atoms with Gasteiger partial charge in [-0.1, -0.05) is 33.1 Å². The second kappa shape index (κ2) is 5.74. The summed E-state index contributed by atoms with van der Waals surface area (Å²) >= 11 is 0. The highest BCUT2D eigenvalue weighted by atomic mass is 16.1. The zero-order valence-corrected chi connectivity index (χ0v) is 11.8. The van der Waals surface area contributed by atoms with Crippen molar-refractivity contribution in [2.75, 3.05) is 11.9 Å². The largest absolute Gasteiger partial charge is 0.363 e. The number of nitrogens with two attached hydrogens (primary N) is 1. The Balaban J connectivity index is 2.24. The van der Waals surface area contributed by atoms with Gasteiger partial charge in [0.1, 0.15) is 11.6 Å². The van der Waals surface area contributed by atoms with E-state index in [2.05, 4.69) is 15.3 Å². The van der Waals surface area contributed by atoms with E-state index in [0.29, 0.717) is 12.4 Å². The summed E-state index contributed by atoms with van der Waals surface area (Å²) in [6.45, 7) is 4.61. The molecule has 1 fully saturated rings. The first kappa shape index (κ1) is 14.1. The van der Waals surface area contributed by atoms with Crippen LogP contribution in [0.2, 0.25) is 0 Å². The SMILES string of the molecule is CC(C)c1nc(NC2(CN)CCCCC2)cc(=O)[nH]1. The van der Waals surface area contributed by atoms with E-state index in [1.165, 1.54) is 25.3 Å². The normalized spacial score (nSPS) is 18.5. The Labute approximate surface area is 114 Å². The lowest BCUT2D eigenvalue weighted by Gasteiger charge is -2.37. The Bertz CT molecular complexity index is 475. The van der Waals surface area contributed by atoms with Crippen molar-refractivity contribution in [2.24, 2.45) is 5.73 Å². The van der Waals surface area contributed by atoms with Crippen LogP contribution in [-0.2, 0) is 0 Å². The van der Waals surface area contributed by atoms with Crippen molar-refractivity contribution in [2.45, 2.75) is 57.4 Å². The van der Waals surface area contributed by atoms with Crippen LogP contribution >= 0.6 is 0 Å². The number of aromatic amines is 1. The lowest BCUT2D eigenvalue weighted by Crippen LogP contribution is -2.47. The number of nitrogens with zero attached hydrogens (tertiary/aromatic N) is 1. The van der Waals surface area contributed by atoms with Crippen LogP contribution in [0.5, 0.6) is 0 Å². The smallest absolute Gasteiger partial charge is 0.252 e. The van der Waals surface area contributed by atoms with Crippen molar-refractivity contribution in [1.82, 2.24) is 9.97 Å². The number of aromatic nitrogens is 2. The van der Waals surface area contributed by atoms with Crippen molar-refractivity contribution >= 4 is 5.82 Å². The fourth-order valence-electron chi connectivity index (χ4n) is 2.69. The summed E-state index contributed by atoms with van der Waals surface area (Å²) in [5.74, 6) is 1.58. The maximum atomic E-state index is 11.7. The van der Waals surface area contributed by atoms with Crippen LogP contribution in [0.4, 0.5) is 5.82 Å². The summed E-state index contributed by atoms with van der Waals surface area (Å²) in [6, 6.07) is 1.53. The minimum Gasteiger partial charge on any atom is -0.363 e. The van der Waals surface area contributed by atoms with Crippen LogP contribution in [0.15, 0.2) is 10.9 Å². The molecule has 5 nitrogen and oxygen atoms in total. The Morgan fingerprint density at radius 3 is 2.68 bits per heavy atom. The van der Waals surface area contributed by atoms with Crippen molar-refractivity contribution in [1.29, 1.82) is 0 Å². The average Bonchev–Trinajstić information content (AvgIpc) is 2.39. The second-order valence-electron chi connectivity index (χ2n) is 5.84. The van der Waals surface area contributed by atoms with Gasteiger partial charge in [-0.05, 0) is 12.8 Å². The molecule has 5 heteroatoms. The van der Waals surface area contributed by atoms with Crippen molar-refractivity contribution in [3.8, 4) is 0 Å². The zero-order chi connectivity index (χ0) is 13.9. The monoisotopic (exact) mass is 264 g/mol. The van der Waals surface area contributed by atoms with Crippen LogP contribution < -0.4 is 16.6 Å². The molecule has 0 aliphatic heterocycles. The molecule has 1 aliphatic rings. The molecule has 0 saturated heterocycles. The molecule has 0 spiro atoms. The van der Waals surface area contributed by atoms with Gasteiger partial charge in [0.2, 0.25) is 0 Å². The standard InChI is InChI=1S/C14H24N4O/c1-10(2)13-16-11(8-12(19)17-13)18-14(9-15)6-4-3-5-7-14/h8,10H,3-7,9,15H2,1-2H3,(H2,16,17,18,19). The van der Waals surface area contributed by atoms with Crippen LogP contribution in [-0.4, -0.2) is 22.1 Å². The third-order valence-electron chi connectivity index (χ3n) is 3.90. The van der Waals surface area contributed by atoms with Gasteiger partial charge in [0.15, 0.2) is 0 Å². The molecule has 1 aliphatic carbocycles. The lowest BCUT2D eigenvalue weighted by molar-refractivity contribution is 0.330. The molecule has 1 aromatic heterocycles. The van der Waals surface area contributed by atoms with Crippen LogP contribution in [0.3, 0.4) is 0 Å². The van der Waals surface area contributed by atoms with Gasteiger partial charge in [0.25, 0.3) is 5.56 Å². The summed E-state index contributed by atoms with van der Waals surface area (Å²) in [5.41, 5.74) is 5.75. The number of anilines is 1. The number of H-pyrrole nitrogens is 1. The molecule has 19 heavy (non-hydrogen) atoms. The number of hydrogen-bond acceptors (Lipinski definition) is 4. The molecular weight excluding hydrogens is 240 g/mol.